The summed E-state index contributed by atoms with van der Waals surface area (Å²) < 4.78 is 0. The Labute approximate surface area is 180 Å². The van der Waals surface area contributed by atoms with Crippen molar-refractivity contribution in [1.29, 1.82) is 0 Å². The largest absolute Gasteiger partial charge is 0.358 e. The average Bonchev–Trinajstić information content (AvgIpc) is 3.16. The van der Waals surface area contributed by atoms with Gasteiger partial charge >= 0.3 is 0 Å². The Balaban J connectivity index is 2.46. The summed E-state index contributed by atoms with van der Waals surface area (Å²) in [5.74, 6) is 0. The number of H-pyrrole nitrogens is 1. The molecule has 0 saturated carbocycles. The van der Waals surface area contributed by atoms with E-state index < -0.39 is 9.85 Å². The number of nitro groups is 2. The van der Waals surface area contributed by atoms with E-state index in [2.05, 4.69) is 18.8 Å². The molecule has 0 amide bonds. The molecular weight excluding hydrogens is 396 g/mol. The number of nitrogens with one attached hydrogen (secondary N) is 1. The fourth-order valence-electron chi connectivity index (χ4n) is 4.42. The van der Waals surface area contributed by atoms with Crippen LogP contribution in [-0.4, -0.2) is 20.5 Å². The quantitative estimate of drug-likeness (QED) is 0.456. The van der Waals surface area contributed by atoms with Gasteiger partial charge in [0.05, 0.1) is 27.3 Å². The van der Waals surface area contributed by atoms with Gasteiger partial charge in [-0.2, -0.15) is 0 Å². The third kappa shape index (κ3) is 3.81. The topological polar surface area (TPSA) is 114 Å². The van der Waals surface area contributed by atoms with Gasteiger partial charge in [-0.15, -0.1) is 0 Å². The highest BCUT2D eigenvalue weighted by atomic mass is 16.6. The van der Waals surface area contributed by atoms with E-state index in [1.165, 1.54) is 12.1 Å². The van der Waals surface area contributed by atoms with E-state index in [0.29, 0.717) is 16.8 Å². The maximum absolute atomic E-state index is 11.5. The molecule has 1 N–H and O–H groups in total. The first-order chi connectivity index (χ1) is 14.6. The second kappa shape index (κ2) is 8.29. The highest BCUT2D eigenvalue weighted by Gasteiger charge is 2.27. The average molecular weight is 422 g/mol. The lowest BCUT2D eigenvalue weighted by atomic mass is 9.92. The monoisotopic (exact) mass is 422 g/mol. The summed E-state index contributed by atoms with van der Waals surface area (Å²) in [7, 11) is 0. The zero-order chi connectivity index (χ0) is 23.0. The normalized spacial score (nSPS) is 15.4. The van der Waals surface area contributed by atoms with Crippen LogP contribution in [0.25, 0.3) is 5.57 Å². The number of benzene rings is 1. The van der Waals surface area contributed by atoms with Crippen molar-refractivity contribution in [3.63, 3.8) is 0 Å². The van der Waals surface area contributed by atoms with Crippen molar-refractivity contribution in [2.45, 2.75) is 54.4 Å². The molecule has 0 saturated heterocycles. The Hall–Kier alpha value is -3.55. The van der Waals surface area contributed by atoms with Crippen molar-refractivity contribution in [2.75, 3.05) is 0 Å². The molecule has 1 aromatic carbocycles. The van der Waals surface area contributed by atoms with Gasteiger partial charge in [0.2, 0.25) is 0 Å². The van der Waals surface area contributed by atoms with E-state index in [9.17, 15) is 20.2 Å². The Morgan fingerprint density at radius 2 is 1.55 bits per heavy atom. The first-order valence-corrected chi connectivity index (χ1v) is 10.2. The van der Waals surface area contributed by atoms with Gasteiger partial charge in [-0.25, -0.2) is 0 Å². The molecule has 3 rings (SSSR count). The van der Waals surface area contributed by atoms with Gasteiger partial charge < -0.3 is 4.98 Å². The summed E-state index contributed by atoms with van der Waals surface area (Å²) in [6, 6.07) is 3.76. The molecule has 1 aliphatic rings. The number of non-ortho nitro benzene ring substituents is 2. The number of aromatic nitrogens is 1. The van der Waals surface area contributed by atoms with Crippen LogP contribution in [0.2, 0.25) is 0 Å². The number of nitro benzene ring substituents is 2. The van der Waals surface area contributed by atoms with Crippen LogP contribution in [0.5, 0.6) is 0 Å². The molecule has 2 aromatic rings. The Bertz CT molecular complexity index is 1170. The van der Waals surface area contributed by atoms with Crippen LogP contribution in [0.3, 0.4) is 0 Å². The van der Waals surface area contributed by atoms with Crippen LogP contribution < -0.4 is 0 Å². The van der Waals surface area contributed by atoms with E-state index in [-0.39, 0.29) is 11.4 Å². The molecule has 0 bridgehead atoms. The van der Waals surface area contributed by atoms with Crippen LogP contribution in [0.15, 0.2) is 40.0 Å². The minimum atomic E-state index is -0.605. The van der Waals surface area contributed by atoms with E-state index in [1.807, 2.05) is 27.7 Å². The second-order valence-corrected chi connectivity index (χ2v) is 7.71. The summed E-state index contributed by atoms with van der Waals surface area (Å²) in [5.41, 5.74) is 8.04. The van der Waals surface area contributed by atoms with Gasteiger partial charge in [0.25, 0.3) is 11.4 Å². The highest BCUT2D eigenvalue weighted by Crippen LogP contribution is 2.40. The molecule has 0 unspecified atom stereocenters. The highest BCUT2D eigenvalue weighted by molar-refractivity contribution is 6.05. The first kappa shape index (κ1) is 22.1. The summed E-state index contributed by atoms with van der Waals surface area (Å²) >= 11 is 0. The maximum atomic E-state index is 11.5. The summed E-state index contributed by atoms with van der Waals surface area (Å²) in [4.78, 5) is 30.0. The van der Waals surface area contributed by atoms with Crippen molar-refractivity contribution in [1.82, 2.24) is 4.98 Å². The lowest BCUT2D eigenvalue weighted by Crippen LogP contribution is -2.00. The van der Waals surface area contributed by atoms with Crippen LogP contribution >= 0.6 is 0 Å². The Morgan fingerprint density at radius 3 is 1.97 bits per heavy atom. The third-order valence-electron chi connectivity index (χ3n) is 5.92. The lowest BCUT2D eigenvalue weighted by Gasteiger charge is -2.13. The van der Waals surface area contributed by atoms with E-state index in [0.717, 1.165) is 58.3 Å². The van der Waals surface area contributed by atoms with Gasteiger partial charge in [-0.1, -0.05) is 13.8 Å². The number of rotatable bonds is 6. The predicted molar refractivity (Wildman–Crippen MR) is 122 cm³/mol. The molecule has 1 aromatic heterocycles. The molecule has 8 heteroatoms. The molecule has 0 spiro atoms. The fourth-order valence-corrected chi connectivity index (χ4v) is 4.42. The van der Waals surface area contributed by atoms with Gasteiger partial charge in [0.15, 0.2) is 0 Å². The molecule has 1 aliphatic heterocycles. The Morgan fingerprint density at radius 1 is 0.968 bits per heavy atom. The van der Waals surface area contributed by atoms with Crippen LogP contribution in [0.4, 0.5) is 11.4 Å². The van der Waals surface area contributed by atoms with Crippen molar-refractivity contribution in [2.24, 2.45) is 4.99 Å². The third-order valence-corrected chi connectivity index (χ3v) is 5.92. The molecule has 0 atom stereocenters. The number of hydrogen-bond donors (Lipinski definition) is 1. The van der Waals surface area contributed by atoms with Gasteiger partial charge in [0.1, 0.15) is 0 Å². The standard InChI is InChI=1S/C23H26N4O4/c1-7-19-12(3)22(24-14(19)5)21(23-13(4)20(8-2)15(6)25-23)16-9-17(26(28)29)11-18(10-16)27(30)31/h9-11,24H,7-8H2,1-6H3/b23-21+. The van der Waals surface area contributed by atoms with Gasteiger partial charge in [-0.05, 0) is 68.4 Å². The number of aromatic amines is 1. The minimum absolute atomic E-state index is 0.324. The minimum Gasteiger partial charge on any atom is -0.358 e. The first-order valence-electron chi connectivity index (χ1n) is 10.2. The van der Waals surface area contributed by atoms with Gasteiger partial charge in [0, 0.05) is 29.1 Å². The molecule has 0 fully saturated rings. The molecule has 31 heavy (non-hydrogen) atoms. The zero-order valence-corrected chi connectivity index (χ0v) is 18.6. The zero-order valence-electron chi connectivity index (χ0n) is 18.6. The summed E-state index contributed by atoms with van der Waals surface area (Å²) in [6.07, 6.45) is 1.62. The second-order valence-electron chi connectivity index (χ2n) is 7.71. The smallest absolute Gasteiger partial charge is 0.276 e. The van der Waals surface area contributed by atoms with Crippen LogP contribution in [0.1, 0.15) is 62.2 Å². The Kier molecular flexibility index (Phi) is 5.92. The summed E-state index contributed by atoms with van der Waals surface area (Å²) in [6.45, 7) is 12.0. The van der Waals surface area contributed by atoms with Crippen LogP contribution in [0, 0.1) is 34.1 Å². The SMILES string of the molecule is CCC1=C(C)/C(=C(/c2cc([N+](=O)[O-])cc([N+](=O)[O-])c2)c2[nH]c(C)c(CC)c2C)N=C1C. The van der Waals surface area contributed by atoms with E-state index in [4.69, 9.17) is 4.99 Å². The number of nitrogens with zero attached hydrogens (tertiary/aromatic N) is 3. The predicted octanol–water partition coefficient (Wildman–Crippen LogP) is 5.97. The molecule has 0 radical (unpaired) electrons. The molecular formula is C23H26N4O4. The molecule has 8 nitrogen and oxygen atoms in total. The number of aryl methyl sites for hydroxylation is 1. The summed E-state index contributed by atoms with van der Waals surface area (Å²) in [5, 5.41) is 23.0. The lowest BCUT2D eigenvalue weighted by molar-refractivity contribution is -0.394. The number of aliphatic imine (C=N–C) groups is 1. The van der Waals surface area contributed by atoms with E-state index >= 15 is 0 Å². The number of allylic oxidation sites excluding steroid dienone is 2. The van der Waals surface area contributed by atoms with E-state index in [1.54, 1.807) is 0 Å². The molecule has 0 aliphatic carbocycles. The van der Waals surface area contributed by atoms with Gasteiger partial charge in [-0.3, -0.25) is 25.2 Å². The number of hydrogen-bond acceptors (Lipinski definition) is 5. The van der Waals surface area contributed by atoms with Crippen molar-refractivity contribution < 1.29 is 9.85 Å². The molecule has 162 valence electrons. The van der Waals surface area contributed by atoms with Crippen molar-refractivity contribution in [3.8, 4) is 0 Å². The fraction of sp³-hybridized carbons (Fsp3) is 0.348. The molecule has 2 heterocycles. The maximum Gasteiger partial charge on any atom is 0.276 e. The van der Waals surface area contributed by atoms with Crippen molar-refractivity contribution in [3.05, 3.63) is 83.3 Å². The van der Waals surface area contributed by atoms with Crippen molar-refractivity contribution >= 4 is 22.7 Å². The van der Waals surface area contributed by atoms with Crippen LogP contribution in [-0.2, 0) is 6.42 Å².